The number of rotatable bonds is 8. The van der Waals surface area contributed by atoms with E-state index in [0.717, 1.165) is 25.7 Å². The van der Waals surface area contributed by atoms with Crippen LogP contribution in [0.25, 0.3) is 0 Å². The maximum absolute atomic E-state index is 10.0. The van der Waals surface area contributed by atoms with Gasteiger partial charge in [0.15, 0.2) is 0 Å². The van der Waals surface area contributed by atoms with Crippen LogP contribution in [-0.4, -0.2) is 29.8 Å². The number of halogens is 1. The molecule has 0 aliphatic carbocycles. The second-order valence-corrected chi connectivity index (χ2v) is 5.57. The number of hydrogen-bond acceptors (Lipinski definition) is 2. The molecule has 0 saturated carbocycles. The van der Waals surface area contributed by atoms with E-state index in [4.69, 9.17) is 16.3 Å². The Balaban J connectivity index is 4.72. The van der Waals surface area contributed by atoms with Crippen molar-refractivity contribution in [3.8, 4) is 0 Å². The second-order valence-electron chi connectivity index (χ2n) is 5.26. The van der Waals surface area contributed by atoms with Crippen molar-refractivity contribution in [3.05, 3.63) is 0 Å². The Morgan fingerprint density at radius 1 is 1.31 bits per heavy atom. The van der Waals surface area contributed by atoms with E-state index < -0.39 is 6.10 Å². The minimum absolute atomic E-state index is 0.160. The highest BCUT2D eigenvalue weighted by molar-refractivity contribution is 6.18. The van der Waals surface area contributed by atoms with Crippen LogP contribution in [0.1, 0.15) is 53.4 Å². The SMILES string of the molecule is CCCC(C)(CC(C)(CC)C(O)CCl)OC. The molecule has 0 aromatic heterocycles. The Kier molecular flexibility index (Phi) is 6.92. The lowest BCUT2D eigenvalue weighted by Crippen LogP contribution is -2.42. The van der Waals surface area contributed by atoms with Gasteiger partial charge in [-0.05, 0) is 31.6 Å². The third-order valence-corrected chi connectivity index (χ3v) is 4.10. The molecule has 0 fully saturated rings. The van der Waals surface area contributed by atoms with Crippen LogP contribution in [0.3, 0.4) is 0 Å². The van der Waals surface area contributed by atoms with Gasteiger partial charge in [-0.1, -0.05) is 27.2 Å². The number of ether oxygens (including phenoxy) is 1. The quantitative estimate of drug-likeness (QED) is 0.667. The molecule has 0 aliphatic heterocycles. The molecule has 0 bridgehead atoms. The number of hydrogen-bond donors (Lipinski definition) is 1. The van der Waals surface area contributed by atoms with Crippen LogP contribution < -0.4 is 0 Å². The van der Waals surface area contributed by atoms with E-state index in [-0.39, 0.29) is 16.9 Å². The van der Waals surface area contributed by atoms with E-state index in [1.54, 1.807) is 7.11 Å². The number of alkyl halides is 1. The van der Waals surface area contributed by atoms with E-state index in [1.807, 2.05) is 0 Å². The fourth-order valence-corrected chi connectivity index (χ4v) is 2.68. The van der Waals surface area contributed by atoms with Crippen molar-refractivity contribution < 1.29 is 9.84 Å². The third kappa shape index (κ3) is 4.23. The van der Waals surface area contributed by atoms with Crippen LogP contribution >= 0.6 is 11.6 Å². The first-order valence-electron chi connectivity index (χ1n) is 6.16. The van der Waals surface area contributed by atoms with E-state index in [2.05, 4.69) is 27.7 Å². The highest BCUT2D eigenvalue weighted by Crippen LogP contribution is 2.39. The molecule has 1 N–H and O–H groups in total. The average molecular weight is 251 g/mol. The first-order chi connectivity index (χ1) is 7.37. The molecule has 0 aromatic carbocycles. The van der Waals surface area contributed by atoms with Crippen molar-refractivity contribution in [2.24, 2.45) is 5.41 Å². The van der Waals surface area contributed by atoms with Crippen molar-refractivity contribution in [2.45, 2.75) is 65.1 Å². The molecular weight excluding hydrogens is 224 g/mol. The van der Waals surface area contributed by atoms with Crippen LogP contribution in [0.4, 0.5) is 0 Å². The van der Waals surface area contributed by atoms with Gasteiger partial charge in [0.25, 0.3) is 0 Å². The number of aliphatic hydroxyl groups is 1. The molecule has 2 nitrogen and oxygen atoms in total. The van der Waals surface area contributed by atoms with Crippen molar-refractivity contribution in [3.63, 3.8) is 0 Å². The molecule has 3 heteroatoms. The van der Waals surface area contributed by atoms with Gasteiger partial charge in [0.2, 0.25) is 0 Å². The molecule has 0 aromatic rings. The molecule has 0 saturated heterocycles. The van der Waals surface area contributed by atoms with Crippen LogP contribution in [0, 0.1) is 5.41 Å². The molecule has 0 radical (unpaired) electrons. The number of methoxy groups -OCH3 is 1. The molecule has 3 atom stereocenters. The number of aliphatic hydroxyl groups excluding tert-OH is 1. The van der Waals surface area contributed by atoms with Gasteiger partial charge in [0.1, 0.15) is 0 Å². The first kappa shape index (κ1) is 16.2. The Morgan fingerprint density at radius 3 is 2.19 bits per heavy atom. The molecule has 0 rings (SSSR count). The highest BCUT2D eigenvalue weighted by atomic mass is 35.5. The molecule has 0 aliphatic rings. The molecule has 0 heterocycles. The van der Waals surface area contributed by atoms with Gasteiger partial charge in [-0.25, -0.2) is 0 Å². The first-order valence-corrected chi connectivity index (χ1v) is 6.70. The van der Waals surface area contributed by atoms with Gasteiger partial charge in [0.05, 0.1) is 11.7 Å². The van der Waals surface area contributed by atoms with E-state index >= 15 is 0 Å². The predicted octanol–water partition coefficient (Wildman–Crippen LogP) is 3.60. The Labute approximate surface area is 105 Å². The summed E-state index contributed by atoms with van der Waals surface area (Å²) in [5, 5.41) is 10.0. The Hall–Kier alpha value is 0.210. The summed E-state index contributed by atoms with van der Waals surface area (Å²) in [6, 6.07) is 0. The lowest BCUT2D eigenvalue weighted by Gasteiger charge is -2.40. The monoisotopic (exact) mass is 250 g/mol. The summed E-state index contributed by atoms with van der Waals surface area (Å²) < 4.78 is 5.62. The lowest BCUT2D eigenvalue weighted by molar-refractivity contribution is -0.0686. The summed E-state index contributed by atoms with van der Waals surface area (Å²) in [6.07, 6.45) is 3.37. The summed E-state index contributed by atoms with van der Waals surface area (Å²) in [7, 11) is 1.75. The van der Waals surface area contributed by atoms with E-state index in [1.165, 1.54) is 0 Å². The minimum atomic E-state index is -0.467. The summed E-state index contributed by atoms with van der Waals surface area (Å²) in [6.45, 7) is 8.45. The highest BCUT2D eigenvalue weighted by Gasteiger charge is 2.38. The maximum atomic E-state index is 10.0. The van der Waals surface area contributed by atoms with E-state index in [9.17, 15) is 5.11 Å². The summed E-state index contributed by atoms with van der Waals surface area (Å²) >= 11 is 5.77. The fraction of sp³-hybridized carbons (Fsp3) is 1.00. The molecule has 3 unspecified atom stereocenters. The van der Waals surface area contributed by atoms with E-state index in [0.29, 0.717) is 0 Å². The second kappa shape index (κ2) is 6.83. The standard InChI is InChI=1S/C13H27ClO2/c1-6-8-13(4,16-5)10-12(3,7-2)11(15)9-14/h11,15H,6-10H2,1-5H3. The van der Waals surface area contributed by atoms with Crippen LogP contribution in [-0.2, 0) is 4.74 Å². The van der Waals surface area contributed by atoms with Crippen molar-refractivity contribution in [1.29, 1.82) is 0 Å². The smallest absolute Gasteiger partial charge is 0.0729 e. The van der Waals surface area contributed by atoms with Gasteiger partial charge in [-0.15, -0.1) is 11.6 Å². The van der Waals surface area contributed by atoms with Crippen molar-refractivity contribution >= 4 is 11.6 Å². The van der Waals surface area contributed by atoms with Crippen LogP contribution in [0.15, 0.2) is 0 Å². The fourth-order valence-electron chi connectivity index (χ4n) is 2.31. The van der Waals surface area contributed by atoms with Crippen LogP contribution in [0.5, 0.6) is 0 Å². The van der Waals surface area contributed by atoms with Crippen LogP contribution in [0.2, 0.25) is 0 Å². The molecule has 98 valence electrons. The topological polar surface area (TPSA) is 29.5 Å². The van der Waals surface area contributed by atoms with Gasteiger partial charge >= 0.3 is 0 Å². The van der Waals surface area contributed by atoms with Gasteiger partial charge in [-0.2, -0.15) is 0 Å². The Morgan fingerprint density at radius 2 is 1.88 bits per heavy atom. The Bertz CT molecular complexity index is 198. The summed E-state index contributed by atoms with van der Waals surface area (Å²) in [5.74, 6) is 0.288. The van der Waals surface area contributed by atoms with Gasteiger partial charge in [0, 0.05) is 13.0 Å². The van der Waals surface area contributed by atoms with Crippen molar-refractivity contribution in [1.82, 2.24) is 0 Å². The lowest BCUT2D eigenvalue weighted by atomic mass is 9.72. The normalized spacial score (nSPS) is 21.2. The zero-order valence-corrected chi connectivity index (χ0v) is 12.1. The zero-order chi connectivity index (χ0) is 12.8. The average Bonchev–Trinajstić information content (AvgIpc) is 2.28. The third-order valence-electron chi connectivity index (χ3n) is 3.81. The molecule has 16 heavy (non-hydrogen) atoms. The van der Waals surface area contributed by atoms with Gasteiger partial charge in [-0.3, -0.25) is 0 Å². The molecular formula is C13H27ClO2. The molecule has 0 amide bonds. The maximum Gasteiger partial charge on any atom is 0.0729 e. The largest absolute Gasteiger partial charge is 0.391 e. The predicted molar refractivity (Wildman–Crippen MR) is 70.1 cm³/mol. The molecule has 0 spiro atoms. The summed E-state index contributed by atoms with van der Waals surface area (Å²) in [4.78, 5) is 0. The summed E-state index contributed by atoms with van der Waals surface area (Å²) in [5.41, 5.74) is -0.325. The van der Waals surface area contributed by atoms with Crippen molar-refractivity contribution in [2.75, 3.05) is 13.0 Å². The zero-order valence-electron chi connectivity index (χ0n) is 11.3. The minimum Gasteiger partial charge on any atom is -0.391 e. The van der Waals surface area contributed by atoms with Gasteiger partial charge < -0.3 is 9.84 Å².